The van der Waals surface area contributed by atoms with E-state index in [2.05, 4.69) is 46.4 Å². The number of nitrogens with one attached hydrogen (secondary N) is 2. The van der Waals surface area contributed by atoms with E-state index in [-0.39, 0.29) is 0 Å². The molecule has 1 aromatic rings. The van der Waals surface area contributed by atoms with Gasteiger partial charge in [-0.05, 0) is 51.4 Å². The Kier molecular flexibility index (Phi) is 76.5. The molecule has 0 fully saturated rings. The third-order valence-electron chi connectivity index (χ3n) is 19.2. The Morgan fingerprint density at radius 3 is 0.473 bits per heavy atom. The number of quaternary nitrogens is 2. The number of halogens is 5. The predicted octanol–water partition coefficient (Wildman–Crippen LogP) is 23.5. The lowest BCUT2D eigenvalue weighted by Gasteiger charge is -2.27. The van der Waals surface area contributed by atoms with Gasteiger partial charge < -0.3 is 24.5 Å². The maximum atomic E-state index is 12.6. The van der Waals surface area contributed by atoms with Gasteiger partial charge >= 0.3 is 0 Å². The van der Waals surface area contributed by atoms with E-state index < -0.39 is 42.2 Å². The maximum absolute atomic E-state index is 12.6. The van der Waals surface area contributed by atoms with E-state index in [9.17, 15) is 32.0 Å². The molecule has 0 radical (unpaired) electrons. The van der Waals surface area contributed by atoms with Gasteiger partial charge in [0.25, 0.3) is 0 Å². The molecule has 0 aliphatic heterocycles. The van der Waals surface area contributed by atoms with E-state index in [1.54, 1.807) is 9.80 Å². The quantitative estimate of drug-likeness (QED) is 0.0225. The second-order valence-corrected chi connectivity index (χ2v) is 28.4. The van der Waals surface area contributed by atoms with Crippen LogP contribution in [0.5, 0.6) is 5.75 Å². The molecule has 5 nitrogen and oxygen atoms in total. The number of rotatable bonds is 70. The lowest BCUT2D eigenvalue weighted by Crippen LogP contribution is -3.09. The average molecular weight is 1300 g/mol. The van der Waals surface area contributed by atoms with E-state index in [0.717, 1.165) is 0 Å². The summed E-state index contributed by atoms with van der Waals surface area (Å²) in [5.41, 5.74) is 0. The second kappa shape index (κ2) is 75.9. The van der Waals surface area contributed by atoms with Crippen LogP contribution in [0.2, 0.25) is 0 Å². The Balaban J connectivity index is 0. The van der Waals surface area contributed by atoms with Crippen molar-refractivity contribution in [1.29, 1.82) is 0 Å². The van der Waals surface area contributed by atoms with Crippen molar-refractivity contribution in [1.82, 2.24) is 0 Å². The third-order valence-corrected chi connectivity index (χ3v) is 19.2. The van der Waals surface area contributed by atoms with Crippen LogP contribution < -0.4 is 24.5 Å². The molecule has 0 unspecified atom stereocenters. The molecule has 0 saturated carbocycles. The summed E-state index contributed by atoms with van der Waals surface area (Å²) in [6.45, 7) is 14.8. The minimum Gasteiger partial charge on any atom is -0.860 e. The Bertz CT molecular complexity index is 1390. The van der Waals surface area contributed by atoms with E-state index in [0.29, 0.717) is 0 Å². The standard InChI is InChI=1S/2C37H77N.C6BF5O3/c2*1-4-6-8-10-12-14-16-18-20-22-24-26-28-30-32-34-36-38(3)37-35-33-31-29-27-25-23-21-19-17-15-13-11-9-7-5-2;8-1-2(9)4(11)6(15-7(13)14)5(12)3(1)10/h2*4-37H2,1-3H3;/q;;-2/p+2. The fourth-order valence-corrected chi connectivity index (χ4v) is 12.9. The highest BCUT2D eigenvalue weighted by Crippen LogP contribution is 2.29. The molecule has 91 heavy (non-hydrogen) atoms. The van der Waals surface area contributed by atoms with Gasteiger partial charge in [0.1, 0.15) is 7.32 Å². The van der Waals surface area contributed by atoms with Gasteiger partial charge in [-0.1, -0.05) is 387 Å². The molecule has 0 saturated heterocycles. The van der Waals surface area contributed by atoms with Gasteiger partial charge in [-0.3, -0.25) is 0 Å². The summed E-state index contributed by atoms with van der Waals surface area (Å²) in [5.74, 6) is -13.6. The molecule has 0 amide bonds. The van der Waals surface area contributed by atoms with Crippen molar-refractivity contribution in [2.45, 2.75) is 439 Å². The summed E-state index contributed by atoms with van der Waals surface area (Å²) in [4.78, 5) is 3.56. The molecular weight excluding hydrogens is 1140 g/mol. The van der Waals surface area contributed by atoms with Gasteiger partial charge in [-0.25, -0.2) is 13.2 Å². The molecule has 0 aliphatic carbocycles. The molecule has 0 bridgehead atoms. The van der Waals surface area contributed by atoms with Crippen molar-refractivity contribution in [3.05, 3.63) is 29.1 Å². The molecule has 0 aliphatic rings. The number of hydrogen-bond donors (Lipinski definition) is 2. The molecule has 11 heteroatoms. The number of unbranched alkanes of at least 4 members (excludes halogenated alkanes) is 60. The topological polar surface area (TPSA) is 64.2 Å². The van der Waals surface area contributed by atoms with Gasteiger partial charge in [0, 0.05) is 0 Å². The smallest absolute Gasteiger partial charge is 0.205 e. The fraction of sp³-hybridized carbons (Fsp3) is 0.925. The highest BCUT2D eigenvalue weighted by atomic mass is 19.2. The Morgan fingerprint density at radius 2 is 0.341 bits per heavy atom. The van der Waals surface area contributed by atoms with Crippen LogP contribution in [0.25, 0.3) is 0 Å². The van der Waals surface area contributed by atoms with Crippen molar-refractivity contribution in [3.8, 4) is 5.75 Å². The van der Waals surface area contributed by atoms with Crippen LogP contribution in [0.4, 0.5) is 22.0 Å². The lowest BCUT2D eigenvalue weighted by molar-refractivity contribution is -0.880. The van der Waals surface area contributed by atoms with Crippen molar-refractivity contribution in [3.63, 3.8) is 0 Å². The number of benzene rings is 1. The molecule has 0 spiro atoms. The van der Waals surface area contributed by atoms with Crippen LogP contribution in [0.15, 0.2) is 0 Å². The molecule has 0 atom stereocenters. The molecule has 1 aromatic carbocycles. The molecule has 0 heterocycles. The normalized spacial score (nSPS) is 11.5. The average Bonchev–Trinajstić information content (AvgIpc) is 1.10. The first-order valence-electron chi connectivity index (χ1n) is 40.6. The fourth-order valence-electron chi connectivity index (χ4n) is 12.9. The summed E-state index contributed by atoms with van der Waals surface area (Å²) < 4.78 is 65.9. The first kappa shape index (κ1) is 91.6. The van der Waals surface area contributed by atoms with Crippen molar-refractivity contribution in [2.75, 3.05) is 40.3 Å². The van der Waals surface area contributed by atoms with Gasteiger partial charge in [-0.2, -0.15) is 8.78 Å². The molecule has 542 valence electrons. The summed E-state index contributed by atoms with van der Waals surface area (Å²) in [6.07, 6.45) is 94.1. The van der Waals surface area contributed by atoms with Crippen molar-refractivity contribution >= 4 is 7.32 Å². The Labute approximate surface area is 564 Å². The minimum absolute atomic E-state index is 1.37. The minimum atomic E-state index is -3.20. The van der Waals surface area contributed by atoms with Crippen molar-refractivity contribution in [2.24, 2.45) is 0 Å². The molecule has 2 N–H and O–H groups in total. The van der Waals surface area contributed by atoms with Crippen LogP contribution in [0, 0.1) is 29.1 Å². The Morgan fingerprint density at radius 1 is 0.220 bits per heavy atom. The zero-order valence-electron chi connectivity index (χ0n) is 61.8. The summed E-state index contributed by atoms with van der Waals surface area (Å²) in [7, 11) is 1.66. The van der Waals surface area contributed by atoms with Crippen LogP contribution in [0.1, 0.15) is 439 Å². The van der Waals surface area contributed by atoms with Gasteiger partial charge in [0.2, 0.25) is 29.1 Å². The molecule has 1 rings (SSSR count). The van der Waals surface area contributed by atoms with E-state index in [1.807, 2.05) is 0 Å². The molecular formula is C80H156BF5N2O3. The lowest BCUT2D eigenvalue weighted by atomic mass is 10.0. The second-order valence-electron chi connectivity index (χ2n) is 28.4. The van der Waals surface area contributed by atoms with Gasteiger partial charge in [-0.15, -0.1) is 0 Å². The SMILES string of the molecule is CCCCCCCCCCCCCCCCCC[NH+](C)CCCCCCCCCCCCCCCCCC.CCCCCCCCCCCCCCCCCC[NH+](C)CCCCCCCCCCCCCCCCCC.[O-]B([O-])Oc1c(F)c(F)c(F)c(F)c1F. The van der Waals surface area contributed by atoms with Gasteiger partial charge in [0.15, 0.2) is 5.75 Å². The first-order valence-corrected chi connectivity index (χ1v) is 40.6. The maximum Gasteiger partial charge on any atom is 0.205 e. The highest BCUT2D eigenvalue weighted by molar-refractivity contribution is 6.29. The number of hydrogen-bond acceptors (Lipinski definition) is 3. The van der Waals surface area contributed by atoms with Crippen LogP contribution >= 0.6 is 0 Å². The van der Waals surface area contributed by atoms with E-state index >= 15 is 0 Å². The molecule has 0 aromatic heterocycles. The summed E-state index contributed by atoms with van der Waals surface area (Å²) in [5, 5.41) is 19.7. The predicted molar refractivity (Wildman–Crippen MR) is 384 cm³/mol. The van der Waals surface area contributed by atoms with Crippen molar-refractivity contribution < 1.29 is 46.5 Å². The van der Waals surface area contributed by atoms with Crippen LogP contribution in [0.3, 0.4) is 0 Å². The van der Waals surface area contributed by atoms with E-state index in [1.165, 1.54) is 437 Å². The largest absolute Gasteiger partial charge is 0.860 e. The summed E-state index contributed by atoms with van der Waals surface area (Å²) in [6, 6.07) is 0. The zero-order chi connectivity index (χ0) is 67.0. The van der Waals surface area contributed by atoms with Crippen LogP contribution in [-0.4, -0.2) is 47.6 Å². The first-order chi connectivity index (χ1) is 44.5. The highest BCUT2D eigenvalue weighted by Gasteiger charge is 2.26. The monoisotopic (exact) mass is 1300 g/mol. The van der Waals surface area contributed by atoms with Gasteiger partial charge in [0.05, 0.1) is 40.3 Å². The summed E-state index contributed by atoms with van der Waals surface area (Å²) >= 11 is 0. The zero-order valence-corrected chi connectivity index (χ0v) is 61.8. The Hall–Kier alpha value is -1.43. The van der Waals surface area contributed by atoms with E-state index in [4.69, 9.17) is 0 Å². The van der Waals surface area contributed by atoms with Crippen LogP contribution in [-0.2, 0) is 0 Å². The third kappa shape index (κ3) is 68.3.